The minimum absolute atomic E-state index is 0.0949. The molecule has 0 bridgehead atoms. The first-order valence-electron chi connectivity index (χ1n) is 12.3. The Labute approximate surface area is 204 Å². The number of carbonyl (C=O) groups excluding carboxylic acids is 2. The van der Waals surface area contributed by atoms with Crippen molar-refractivity contribution in [1.29, 1.82) is 0 Å². The number of hydrogen-bond donors (Lipinski definition) is 2. The zero-order chi connectivity index (χ0) is 24.2. The van der Waals surface area contributed by atoms with Gasteiger partial charge in [0.2, 0.25) is 6.79 Å². The number of halogens is 1. The van der Waals surface area contributed by atoms with Gasteiger partial charge in [0.05, 0.1) is 6.04 Å². The van der Waals surface area contributed by atoms with Gasteiger partial charge in [-0.1, -0.05) is 18.9 Å². The minimum Gasteiger partial charge on any atom is -0.454 e. The summed E-state index contributed by atoms with van der Waals surface area (Å²) < 4.78 is 24.3. The van der Waals surface area contributed by atoms with Gasteiger partial charge in [0.1, 0.15) is 5.82 Å². The van der Waals surface area contributed by atoms with Crippen molar-refractivity contribution in [3.8, 4) is 11.5 Å². The molecule has 1 saturated heterocycles. The number of nitrogens with one attached hydrogen (secondary N) is 2. The number of hydrogen-bond acceptors (Lipinski definition) is 6. The van der Waals surface area contributed by atoms with E-state index in [4.69, 9.17) is 9.47 Å². The van der Waals surface area contributed by atoms with Crippen LogP contribution in [0.2, 0.25) is 0 Å². The molecule has 2 aliphatic heterocycles. The van der Waals surface area contributed by atoms with Crippen LogP contribution in [0.5, 0.6) is 11.5 Å². The van der Waals surface area contributed by atoms with Crippen LogP contribution in [0.3, 0.4) is 0 Å². The fourth-order valence-electron chi connectivity index (χ4n) is 5.11. The van der Waals surface area contributed by atoms with Crippen LogP contribution in [0.4, 0.5) is 10.1 Å². The van der Waals surface area contributed by atoms with E-state index in [-0.39, 0.29) is 24.7 Å². The summed E-state index contributed by atoms with van der Waals surface area (Å²) in [4.78, 5) is 29.5. The second kappa shape index (κ2) is 10.5. The average Bonchev–Trinajstić information content (AvgIpc) is 3.57. The second-order valence-electron chi connectivity index (χ2n) is 9.29. The van der Waals surface area contributed by atoms with Crippen LogP contribution in [-0.2, 0) is 9.59 Å². The van der Waals surface area contributed by atoms with Gasteiger partial charge in [-0.3, -0.25) is 14.5 Å². The van der Waals surface area contributed by atoms with Gasteiger partial charge in [0.15, 0.2) is 11.5 Å². The van der Waals surface area contributed by atoms with Crippen molar-refractivity contribution in [3.63, 3.8) is 0 Å². The SMILES string of the molecule is O=C(NC[C@H](c1ccc2c(c1)OCO2)N1CCN(c2ccc(F)cc2)CC1)C(=O)NC1CCCC1. The quantitative estimate of drug-likeness (QED) is 0.616. The van der Waals surface area contributed by atoms with Crippen LogP contribution in [0.25, 0.3) is 0 Å². The molecule has 0 spiro atoms. The summed E-state index contributed by atoms with van der Waals surface area (Å²) >= 11 is 0. The van der Waals surface area contributed by atoms with Crippen LogP contribution in [-0.4, -0.2) is 62.3 Å². The molecule has 9 heteroatoms. The van der Waals surface area contributed by atoms with Gasteiger partial charge in [-0.2, -0.15) is 0 Å². The van der Waals surface area contributed by atoms with Crippen LogP contribution < -0.4 is 25.0 Å². The van der Waals surface area contributed by atoms with Crippen LogP contribution in [0, 0.1) is 5.82 Å². The lowest BCUT2D eigenvalue weighted by atomic mass is 10.0. The number of amides is 2. The molecular formula is C26H31FN4O4. The van der Waals surface area contributed by atoms with Crippen molar-refractivity contribution in [2.45, 2.75) is 37.8 Å². The van der Waals surface area contributed by atoms with Gasteiger partial charge in [0.25, 0.3) is 0 Å². The molecule has 2 amide bonds. The highest BCUT2D eigenvalue weighted by Gasteiger charge is 2.29. The maximum atomic E-state index is 13.3. The third-order valence-corrected chi connectivity index (χ3v) is 7.08. The smallest absolute Gasteiger partial charge is 0.309 e. The lowest BCUT2D eigenvalue weighted by molar-refractivity contribution is -0.139. The Morgan fingerprint density at radius 1 is 0.943 bits per heavy atom. The van der Waals surface area contributed by atoms with Crippen molar-refractivity contribution >= 4 is 17.5 Å². The summed E-state index contributed by atoms with van der Waals surface area (Å²) in [5.41, 5.74) is 1.98. The molecule has 1 saturated carbocycles. The van der Waals surface area contributed by atoms with Gasteiger partial charge in [-0.25, -0.2) is 4.39 Å². The zero-order valence-electron chi connectivity index (χ0n) is 19.7. The fourth-order valence-corrected chi connectivity index (χ4v) is 5.11. The van der Waals surface area contributed by atoms with Crippen LogP contribution >= 0.6 is 0 Å². The highest BCUT2D eigenvalue weighted by molar-refractivity contribution is 6.35. The number of fused-ring (bicyclic) bond motifs is 1. The number of piperazine rings is 1. The molecule has 0 aromatic heterocycles. The van der Waals surface area contributed by atoms with Gasteiger partial charge < -0.3 is 25.0 Å². The van der Waals surface area contributed by atoms with Gasteiger partial charge in [0, 0.05) is 44.5 Å². The molecule has 2 aromatic carbocycles. The molecule has 8 nitrogen and oxygen atoms in total. The third kappa shape index (κ3) is 5.51. The lowest BCUT2D eigenvalue weighted by Crippen LogP contribution is -2.51. The number of benzene rings is 2. The van der Waals surface area contributed by atoms with E-state index in [2.05, 4.69) is 20.4 Å². The topological polar surface area (TPSA) is 83.1 Å². The van der Waals surface area contributed by atoms with Crippen LogP contribution in [0.15, 0.2) is 42.5 Å². The van der Waals surface area contributed by atoms with E-state index >= 15 is 0 Å². The Morgan fingerprint density at radius 2 is 1.66 bits per heavy atom. The van der Waals surface area contributed by atoms with E-state index in [1.807, 2.05) is 18.2 Å². The number of rotatable bonds is 6. The van der Waals surface area contributed by atoms with E-state index in [1.54, 1.807) is 12.1 Å². The van der Waals surface area contributed by atoms with Crippen molar-refractivity contribution in [2.24, 2.45) is 0 Å². The normalized spacial score (nSPS) is 18.9. The highest BCUT2D eigenvalue weighted by Crippen LogP contribution is 2.35. The van der Waals surface area contributed by atoms with Crippen molar-refractivity contribution in [2.75, 3.05) is 44.4 Å². The van der Waals surface area contributed by atoms with Gasteiger partial charge in [-0.05, 0) is 54.8 Å². The molecule has 1 aliphatic carbocycles. The van der Waals surface area contributed by atoms with Gasteiger partial charge in [-0.15, -0.1) is 0 Å². The van der Waals surface area contributed by atoms with Crippen molar-refractivity contribution in [3.05, 3.63) is 53.8 Å². The Hall–Kier alpha value is -3.33. The molecule has 0 radical (unpaired) electrons. The average molecular weight is 483 g/mol. The zero-order valence-corrected chi connectivity index (χ0v) is 19.7. The van der Waals surface area contributed by atoms with Gasteiger partial charge >= 0.3 is 11.8 Å². The summed E-state index contributed by atoms with van der Waals surface area (Å²) in [6.45, 7) is 3.53. The largest absolute Gasteiger partial charge is 0.454 e. The summed E-state index contributed by atoms with van der Waals surface area (Å²) in [7, 11) is 0. The van der Waals surface area contributed by atoms with E-state index in [9.17, 15) is 14.0 Å². The Kier molecular flexibility index (Phi) is 7.03. The molecule has 1 atom stereocenters. The maximum Gasteiger partial charge on any atom is 0.309 e. The molecule has 5 rings (SSSR count). The molecule has 2 heterocycles. The first-order chi connectivity index (χ1) is 17.1. The first-order valence-corrected chi connectivity index (χ1v) is 12.3. The number of nitrogens with zero attached hydrogens (tertiary/aromatic N) is 2. The summed E-state index contributed by atoms with van der Waals surface area (Å²) in [5, 5.41) is 5.70. The molecular weight excluding hydrogens is 451 g/mol. The van der Waals surface area contributed by atoms with Crippen molar-refractivity contribution in [1.82, 2.24) is 15.5 Å². The van der Waals surface area contributed by atoms with Crippen LogP contribution in [0.1, 0.15) is 37.3 Å². The summed E-state index contributed by atoms with van der Waals surface area (Å²) in [5.74, 6) is -0.0330. The third-order valence-electron chi connectivity index (χ3n) is 7.08. The molecule has 35 heavy (non-hydrogen) atoms. The Morgan fingerprint density at radius 3 is 2.40 bits per heavy atom. The molecule has 2 fully saturated rings. The molecule has 0 unspecified atom stereocenters. The van der Waals surface area contributed by atoms with E-state index < -0.39 is 11.8 Å². The van der Waals surface area contributed by atoms with E-state index in [0.717, 1.165) is 63.1 Å². The predicted molar refractivity (Wildman–Crippen MR) is 129 cm³/mol. The van der Waals surface area contributed by atoms with E-state index in [1.165, 1.54) is 12.1 Å². The van der Waals surface area contributed by atoms with Crippen molar-refractivity contribution < 1.29 is 23.5 Å². The lowest BCUT2D eigenvalue weighted by Gasteiger charge is -2.40. The number of ether oxygens (including phenoxy) is 2. The Balaban J connectivity index is 1.26. The standard InChI is InChI=1S/C26H31FN4O4/c27-19-6-8-21(9-7-19)30-11-13-31(14-12-30)22(18-5-10-23-24(15-18)35-17-34-23)16-28-25(32)26(33)29-20-3-1-2-4-20/h5-10,15,20,22H,1-4,11-14,16-17H2,(H,28,32)(H,29,33)/t22-/m1/s1. The minimum atomic E-state index is -0.604. The number of carbonyl (C=O) groups is 2. The molecule has 186 valence electrons. The molecule has 2 N–H and O–H groups in total. The predicted octanol–water partition coefficient (Wildman–Crippen LogP) is 2.59. The Bertz CT molecular complexity index is 1050. The van der Waals surface area contributed by atoms with E-state index in [0.29, 0.717) is 18.0 Å². The first kappa shape index (κ1) is 23.4. The second-order valence-corrected chi connectivity index (χ2v) is 9.29. The molecule has 3 aliphatic rings. The monoisotopic (exact) mass is 482 g/mol. The maximum absolute atomic E-state index is 13.3. The number of anilines is 1. The highest BCUT2D eigenvalue weighted by atomic mass is 19.1. The molecule has 2 aromatic rings. The summed E-state index contributed by atoms with van der Waals surface area (Å²) in [6, 6.07) is 12.3. The summed E-state index contributed by atoms with van der Waals surface area (Å²) in [6.07, 6.45) is 4.03. The fraction of sp³-hybridized carbons (Fsp3) is 0.462.